The van der Waals surface area contributed by atoms with Gasteiger partial charge in [-0.25, -0.2) is 9.97 Å². The topological polar surface area (TPSA) is 58.3 Å². The molecule has 5 nitrogen and oxygen atoms in total. The monoisotopic (exact) mass is 411 g/mol. The molecule has 1 saturated heterocycles. The minimum atomic E-state index is 0.589. The Kier molecular flexibility index (Phi) is 5.33. The zero-order valence-electron chi connectivity index (χ0n) is 18.0. The van der Waals surface area contributed by atoms with Gasteiger partial charge in [0, 0.05) is 56.6 Å². The van der Waals surface area contributed by atoms with E-state index in [1.165, 1.54) is 23.1 Å². The molecule has 2 aliphatic rings. The molecule has 0 aliphatic carbocycles. The number of aromatic nitrogens is 2. The lowest BCUT2D eigenvalue weighted by Gasteiger charge is -2.24. The van der Waals surface area contributed by atoms with Crippen LogP contribution >= 0.6 is 0 Å². The minimum absolute atomic E-state index is 0.589. The molecule has 1 aromatic carbocycles. The molecule has 31 heavy (non-hydrogen) atoms. The van der Waals surface area contributed by atoms with Crippen molar-refractivity contribution in [3.63, 3.8) is 0 Å². The summed E-state index contributed by atoms with van der Waals surface area (Å²) in [5.41, 5.74) is 9.82. The van der Waals surface area contributed by atoms with E-state index in [1.54, 1.807) is 6.20 Å². The van der Waals surface area contributed by atoms with Gasteiger partial charge in [-0.15, -0.1) is 0 Å². The lowest BCUT2D eigenvalue weighted by molar-refractivity contribution is 0.401. The average Bonchev–Trinajstić information content (AvgIpc) is 3.21. The third-order valence-electron chi connectivity index (χ3n) is 6.23. The molecule has 0 radical (unpaired) electrons. The molecule has 0 spiro atoms. The van der Waals surface area contributed by atoms with E-state index in [1.807, 2.05) is 12.3 Å². The number of nitrogens with two attached hydrogens (primary N) is 1. The fraction of sp³-hybridized carbons (Fsp3) is 0.308. The van der Waals surface area contributed by atoms with E-state index in [9.17, 15) is 0 Å². The average molecular weight is 412 g/mol. The minimum Gasteiger partial charge on any atom is -0.383 e. The quantitative estimate of drug-likeness (QED) is 0.667. The number of hydrogen-bond acceptors (Lipinski definition) is 5. The van der Waals surface area contributed by atoms with E-state index in [-0.39, 0.29) is 0 Å². The third-order valence-corrected chi connectivity index (χ3v) is 6.23. The molecule has 2 aromatic heterocycles. The number of hydrogen-bond donors (Lipinski definition) is 1. The summed E-state index contributed by atoms with van der Waals surface area (Å²) < 4.78 is 0. The third kappa shape index (κ3) is 4.41. The summed E-state index contributed by atoms with van der Waals surface area (Å²) in [7, 11) is 0. The van der Waals surface area contributed by atoms with Gasteiger partial charge in [0.2, 0.25) is 0 Å². The molecule has 5 rings (SSSR count). The largest absolute Gasteiger partial charge is 0.383 e. The Labute approximate surface area is 183 Å². The van der Waals surface area contributed by atoms with E-state index >= 15 is 0 Å². The molecule has 1 fully saturated rings. The Morgan fingerprint density at radius 2 is 2.00 bits per heavy atom. The van der Waals surface area contributed by atoms with Gasteiger partial charge in [-0.2, -0.15) is 0 Å². The van der Waals surface area contributed by atoms with Gasteiger partial charge in [0.15, 0.2) is 0 Å². The fourth-order valence-corrected chi connectivity index (χ4v) is 4.56. The molecule has 3 aromatic rings. The zero-order valence-corrected chi connectivity index (χ0v) is 18.0. The Hall–Kier alpha value is -3.34. The van der Waals surface area contributed by atoms with Crippen molar-refractivity contribution >= 4 is 22.4 Å². The second-order valence-corrected chi connectivity index (χ2v) is 8.83. The van der Waals surface area contributed by atoms with E-state index in [0.29, 0.717) is 5.82 Å². The Morgan fingerprint density at radius 3 is 2.81 bits per heavy atom. The molecule has 2 aliphatic heterocycles. The summed E-state index contributed by atoms with van der Waals surface area (Å²) in [5.74, 6) is 2.46. The molecule has 0 saturated carbocycles. The first-order valence-corrected chi connectivity index (χ1v) is 11.1. The first-order chi connectivity index (χ1) is 15.1. The molecule has 0 amide bonds. The SMILES string of the molecule is CC1CCN(c2ccc(CC3=CN(Cc4ccc5c(N)nccc5c4)CC=C3)cn2)C1. The number of pyridine rings is 2. The van der Waals surface area contributed by atoms with Crippen molar-refractivity contribution < 1.29 is 0 Å². The number of rotatable bonds is 5. The van der Waals surface area contributed by atoms with E-state index in [2.05, 4.69) is 70.4 Å². The first kappa shape index (κ1) is 19.6. The maximum absolute atomic E-state index is 5.98. The molecule has 158 valence electrons. The predicted octanol–water partition coefficient (Wildman–Crippen LogP) is 4.56. The van der Waals surface area contributed by atoms with Gasteiger partial charge in [-0.05, 0) is 52.6 Å². The summed E-state index contributed by atoms with van der Waals surface area (Å²) in [5, 5.41) is 2.15. The van der Waals surface area contributed by atoms with Crippen molar-refractivity contribution in [3.05, 3.63) is 83.8 Å². The van der Waals surface area contributed by atoms with Crippen LogP contribution in [-0.2, 0) is 13.0 Å². The number of anilines is 2. The number of fused-ring (bicyclic) bond motifs is 1. The summed E-state index contributed by atoms with van der Waals surface area (Å²) in [6.45, 7) is 6.34. The molecular formula is C26H29N5. The van der Waals surface area contributed by atoms with Crippen LogP contribution < -0.4 is 10.6 Å². The van der Waals surface area contributed by atoms with Gasteiger partial charge < -0.3 is 15.5 Å². The highest BCUT2D eigenvalue weighted by molar-refractivity contribution is 5.91. The fourth-order valence-electron chi connectivity index (χ4n) is 4.56. The molecule has 5 heteroatoms. The Bertz CT molecular complexity index is 1130. The number of nitrogens with zero attached hydrogens (tertiary/aromatic N) is 4. The van der Waals surface area contributed by atoms with Gasteiger partial charge in [-0.1, -0.05) is 37.3 Å². The summed E-state index contributed by atoms with van der Waals surface area (Å²) in [6.07, 6.45) is 12.7. The van der Waals surface area contributed by atoms with Crippen LogP contribution in [0, 0.1) is 5.92 Å². The molecule has 1 atom stereocenters. The second-order valence-electron chi connectivity index (χ2n) is 8.83. The van der Waals surface area contributed by atoms with E-state index < -0.39 is 0 Å². The molecular weight excluding hydrogens is 382 g/mol. The number of benzene rings is 1. The van der Waals surface area contributed by atoms with Gasteiger partial charge in [0.05, 0.1) is 0 Å². The van der Waals surface area contributed by atoms with Crippen molar-refractivity contribution in [1.82, 2.24) is 14.9 Å². The van der Waals surface area contributed by atoms with Gasteiger partial charge in [0.1, 0.15) is 11.6 Å². The van der Waals surface area contributed by atoms with E-state index in [0.717, 1.165) is 55.1 Å². The van der Waals surface area contributed by atoms with Gasteiger partial charge in [-0.3, -0.25) is 0 Å². The summed E-state index contributed by atoms with van der Waals surface area (Å²) in [4.78, 5) is 13.7. The Balaban J connectivity index is 1.25. The highest BCUT2D eigenvalue weighted by Gasteiger charge is 2.19. The van der Waals surface area contributed by atoms with E-state index in [4.69, 9.17) is 10.7 Å². The summed E-state index contributed by atoms with van der Waals surface area (Å²) >= 11 is 0. The predicted molar refractivity (Wildman–Crippen MR) is 128 cm³/mol. The van der Waals surface area contributed by atoms with Crippen molar-refractivity contribution in [3.8, 4) is 0 Å². The van der Waals surface area contributed by atoms with Gasteiger partial charge >= 0.3 is 0 Å². The lowest BCUT2D eigenvalue weighted by atomic mass is 10.0. The normalized spacial score (nSPS) is 18.6. The van der Waals surface area contributed by atoms with Crippen molar-refractivity contribution in [2.45, 2.75) is 26.3 Å². The summed E-state index contributed by atoms with van der Waals surface area (Å²) in [6, 6.07) is 12.8. The number of allylic oxidation sites excluding steroid dienone is 2. The van der Waals surface area contributed by atoms with Crippen molar-refractivity contribution in [2.24, 2.45) is 5.92 Å². The molecule has 1 unspecified atom stereocenters. The zero-order chi connectivity index (χ0) is 21.2. The van der Waals surface area contributed by atoms with Crippen LogP contribution in [0.25, 0.3) is 10.8 Å². The number of nitrogen functional groups attached to an aromatic ring is 1. The molecule has 0 bridgehead atoms. The lowest BCUT2D eigenvalue weighted by Crippen LogP contribution is -2.20. The highest BCUT2D eigenvalue weighted by atomic mass is 15.2. The first-order valence-electron chi connectivity index (χ1n) is 11.1. The van der Waals surface area contributed by atoms with Gasteiger partial charge in [0.25, 0.3) is 0 Å². The Morgan fingerprint density at radius 1 is 1.10 bits per heavy atom. The van der Waals surface area contributed by atoms with Crippen LogP contribution in [-0.4, -0.2) is 34.5 Å². The molecule has 4 heterocycles. The van der Waals surface area contributed by atoms with Crippen molar-refractivity contribution in [2.75, 3.05) is 30.3 Å². The van der Waals surface area contributed by atoms with Crippen LogP contribution in [0.15, 0.2) is 72.7 Å². The maximum Gasteiger partial charge on any atom is 0.131 e. The maximum atomic E-state index is 5.98. The van der Waals surface area contributed by atoms with Crippen LogP contribution in [0.2, 0.25) is 0 Å². The van der Waals surface area contributed by atoms with Crippen molar-refractivity contribution in [1.29, 1.82) is 0 Å². The highest BCUT2D eigenvalue weighted by Crippen LogP contribution is 2.24. The van der Waals surface area contributed by atoms with Crippen LogP contribution in [0.4, 0.5) is 11.6 Å². The smallest absolute Gasteiger partial charge is 0.131 e. The van der Waals surface area contributed by atoms with Crippen LogP contribution in [0.3, 0.4) is 0 Å². The molecule has 2 N–H and O–H groups in total. The van der Waals surface area contributed by atoms with Crippen LogP contribution in [0.5, 0.6) is 0 Å². The van der Waals surface area contributed by atoms with Crippen LogP contribution in [0.1, 0.15) is 24.5 Å². The standard InChI is InChI=1S/C26H29N5/c1-19-9-12-31(16-19)25-7-5-20(15-29-25)13-21-3-2-11-30(17-21)18-22-4-6-24-23(14-22)8-10-28-26(24)27/h2-8,10,14-15,17,19H,9,11-13,16,18H2,1H3,(H2,27,28). The second kappa shape index (κ2) is 8.42.